The molecule has 1 heterocycles. The number of nitrogens with zero attached hydrogens (tertiary/aromatic N) is 2. The van der Waals surface area contributed by atoms with Crippen molar-refractivity contribution in [2.45, 2.75) is 20.4 Å². The maximum atomic E-state index is 11.7. The number of nitrogens with one attached hydrogen (secondary N) is 2. The molecular weight excluding hydrogens is 230 g/mol. The Bertz CT molecular complexity index is 423. The summed E-state index contributed by atoms with van der Waals surface area (Å²) in [5.74, 6) is 0.377. The van der Waals surface area contributed by atoms with Crippen LogP contribution in [0, 0.1) is 0 Å². The lowest BCUT2D eigenvalue weighted by Crippen LogP contribution is -2.40. The Hall–Kier alpha value is -1.12. The van der Waals surface area contributed by atoms with Crippen LogP contribution in [0.1, 0.15) is 19.4 Å². The molecule has 92 valence electrons. The van der Waals surface area contributed by atoms with Gasteiger partial charge in [0.15, 0.2) is 0 Å². The lowest BCUT2D eigenvalue weighted by molar-refractivity contribution is 0.434. The van der Waals surface area contributed by atoms with Crippen molar-refractivity contribution < 1.29 is 8.42 Å². The van der Waals surface area contributed by atoms with Crippen LogP contribution in [-0.4, -0.2) is 36.0 Å². The molecule has 0 amide bonds. The summed E-state index contributed by atoms with van der Waals surface area (Å²) in [4.78, 5) is 0. The maximum Gasteiger partial charge on any atom is 0.279 e. The summed E-state index contributed by atoms with van der Waals surface area (Å²) in [6, 6.07) is 0. The van der Waals surface area contributed by atoms with Crippen molar-refractivity contribution in [2.24, 2.45) is 0 Å². The Morgan fingerprint density at radius 3 is 2.56 bits per heavy atom. The number of nitrogen functional groups attached to an aromatic ring is 1. The highest BCUT2D eigenvalue weighted by Gasteiger charge is 2.18. The first-order valence-electron chi connectivity index (χ1n) is 5.03. The second-order valence-corrected chi connectivity index (χ2v) is 4.97. The first kappa shape index (κ1) is 12.9. The summed E-state index contributed by atoms with van der Waals surface area (Å²) in [7, 11) is -3.43. The Morgan fingerprint density at radius 1 is 1.50 bits per heavy atom. The van der Waals surface area contributed by atoms with Crippen LogP contribution < -0.4 is 10.5 Å². The van der Waals surface area contributed by atoms with E-state index in [0.717, 1.165) is 0 Å². The van der Waals surface area contributed by atoms with Gasteiger partial charge in [-0.3, -0.25) is 5.10 Å². The molecule has 16 heavy (non-hydrogen) atoms. The van der Waals surface area contributed by atoms with Crippen molar-refractivity contribution in [3.8, 4) is 0 Å². The van der Waals surface area contributed by atoms with E-state index in [9.17, 15) is 8.42 Å². The number of H-pyrrole nitrogens is 1. The lowest BCUT2D eigenvalue weighted by atomic mass is 10.3. The summed E-state index contributed by atoms with van der Waals surface area (Å²) in [6.45, 7) is 4.59. The molecule has 0 aliphatic rings. The maximum absolute atomic E-state index is 11.7. The third kappa shape index (κ3) is 2.94. The van der Waals surface area contributed by atoms with Gasteiger partial charge in [-0.25, -0.2) is 0 Å². The molecule has 0 saturated carbocycles. The van der Waals surface area contributed by atoms with Crippen LogP contribution in [0.3, 0.4) is 0 Å². The van der Waals surface area contributed by atoms with Gasteiger partial charge in [0, 0.05) is 25.2 Å². The molecule has 8 heteroatoms. The molecule has 1 aromatic rings. The number of hydrogen-bond acceptors (Lipinski definition) is 4. The van der Waals surface area contributed by atoms with Crippen molar-refractivity contribution in [1.82, 2.24) is 19.2 Å². The minimum absolute atomic E-state index is 0.140. The molecule has 0 bridgehead atoms. The fraction of sp³-hybridized carbons (Fsp3) is 0.625. The van der Waals surface area contributed by atoms with E-state index in [1.165, 1.54) is 10.5 Å². The van der Waals surface area contributed by atoms with Gasteiger partial charge in [-0.2, -0.15) is 22.5 Å². The molecule has 0 aromatic carbocycles. The fourth-order valence-corrected chi connectivity index (χ4v) is 2.49. The number of nitrogens with two attached hydrogens (primary N) is 1. The minimum Gasteiger partial charge on any atom is -0.384 e. The first-order valence-corrected chi connectivity index (χ1v) is 6.47. The van der Waals surface area contributed by atoms with E-state index < -0.39 is 10.2 Å². The largest absolute Gasteiger partial charge is 0.384 e. The lowest BCUT2D eigenvalue weighted by Gasteiger charge is -2.18. The summed E-state index contributed by atoms with van der Waals surface area (Å²) < 4.78 is 27.3. The number of hydrogen-bond donors (Lipinski definition) is 3. The van der Waals surface area contributed by atoms with Crippen LogP contribution in [0.5, 0.6) is 0 Å². The van der Waals surface area contributed by atoms with E-state index >= 15 is 0 Å². The summed E-state index contributed by atoms with van der Waals surface area (Å²) in [5.41, 5.74) is 6.18. The zero-order valence-corrected chi connectivity index (χ0v) is 10.2. The van der Waals surface area contributed by atoms with Crippen molar-refractivity contribution in [3.63, 3.8) is 0 Å². The molecule has 4 N–H and O–H groups in total. The molecule has 0 atom stereocenters. The summed E-state index contributed by atoms with van der Waals surface area (Å²) in [6.07, 6.45) is 1.50. The smallest absolute Gasteiger partial charge is 0.279 e. The zero-order chi connectivity index (χ0) is 12.2. The van der Waals surface area contributed by atoms with Crippen LogP contribution in [0.4, 0.5) is 5.82 Å². The van der Waals surface area contributed by atoms with E-state index in [2.05, 4.69) is 14.9 Å². The predicted molar refractivity (Wildman–Crippen MR) is 61.7 cm³/mol. The molecule has 0 aliphatic heterocycles. The highest BCUT2D eigenvalue weighted by atomic mass is 32.2. The van der Waals surface area contributed by atoms with Crippen molar-refractivity contribution >= 4 is 16.0 Å². The van der Waals surface area contributed by atoms with Gasteiger partial charge < -0.3 is 5.73 Å². The Morgan fingerprint density at radius 2 is 2.12 bits per heavy atom. The molecule has 0 aliphatic carbocycles. The van der Waals surface area contributed by atoms with E-state index in [1.807, 2.05) is 0 Å². The molecular formula is C8H17N5O2S. The van der Waals surface area contributed by atoms with Crippen LogP contribution in [0.2, 0.25) is 0 Å². The van der Waals surface area contributed by atoms with Gasteiger partial charge in [0.1, 0.15) is 5.82 Å². The molecule has 1 aromatic heterocycles. The van der Waals surface area contributed by atoms with Gasteiger partial charge in [0.25, 0.3) is 10.2 Å². The molecule has 0 unspecified atom stereocenters. The van der Waals surface area contributed by atoms with Gasteiger partial charge in [0.05, 0.1) is 6.20 Å². The molecule has 0 radical (unpaired) electrons. The molecule has 7 nitrogen and oxygen atoms in total. The van der Waals surface area contributed by atoms with Crippen LogP contribution in [-0.2, 0) is 16.8 Å². The SMILES string of the molecule is CCN(CC)S(=O)(=O)NCc1cn[nH]c1N. The Kier molecular flexibility index (Phi) is 4.27. The van der Waals surface area contributed by atoms with E-state index in [-0.39, 0.29) is 6.54 Å². The third-order valence-electron chi connectivity index (χ3n) is 2.24. The van der Waals surface area contributed by atoms with Crippen LogP contribution in [0.15, 0.2) is 6.20 Å². The van der Waals surface area contributed by atoms with Crippen molar-refractivity contribution in [3.05, 3.63) is 11.8 Å². The van der Waals surface area contributed by atoms with Crippen molar-refractivity contribution in [1.29, 1.82) is 0 Å². The molecule has 1 rings (SSSR count). The topological polar surface area (TPSA) is 104 Å². The summed E-state index contributed by atoms with van der Waals surface area (Å²) >= 11 is 0. The van der Waals surface area contributed by atoms with Crippen LogP contribution in [0.25, 0.3) is 0 Å². The van der Waals surface area contributed by atoms with Gasteiger partial charge in [-0.1, -0.05) is 13.8 Å². The average Bonchev–Trinajstić information content (AvgIpc) is 2.62. The van der Waals surface area contributed by atoms with Crippen LogP contribution >= 0.6 is 0 Å². The van der Waals surface area contributed by atoms with E-state index in [1.54, 1.807) is 13.8 Å². The highest BCUT2D eigenvalue weighted by molar-refractivity contribution is 7.87. The standard InChI is InChI=1S/C8H17N5O2S/c1-3-13(4-2)16(14,15)11-6-7-5-10-12-8(7)9/h5,11H,3-4,6H2,1-2H3,(H3,9,10,12). The number of aromatic amines is 1. The Balaban J connectivity index is 2.64. The number of anilines is 1. The average molecular weight is 247 g/mol. The normalized spacial score (nSPS) is 12.2. The Labute approximate surface area is 95.2 Å². The zero-order valence-electron chi connectivity index (χ0n) is 9.40. The van der Waals surface area contributed by atoms with Gasteiger partial charge in [0.2, 0.25) is 0 Å². The second kappa shape index (κ2) is 5.28. The molecule has 0 fully saturated rings. The molecule has 0 spiro atoms. The predicted octanol–water partition coefficient (Wildman–Crippen LogP) is -0.332. The van der Waals surface area contributed by atoms with Gasteiger partial charge in [-0.05, 0) is 0 Å². The van der Waals surface area contributed by atoms with Gasteiger partial charge in [-0.15, -0.1) is 0 Å². The quantitative estimate of drug-likeness (QED) is 0.640. The summed E-state index contributed by atoms with van der Waals surface area (Å²) in [5, 5.41) is 6.25. The third-order valence-corrected chi connectivity index (χ3v) is 3.95. The second-order valence-electron chi connectivity index (χ2n) is 3.22. The first-order chi connectivity index (χ1) is 7.51. The minimum atomic E-state index is -3.43. The van der Waals surface area contributed by atoms with Gasteiger partial charge >= 0.3 is 0 Å². The van der Waals surface area contributed by atoms with E-state index in [4.69, 9.17) is 5.73 Å². The fourth-order valence-electron chi connectivity index (χ4n) is 1.29. The number of rotatable bonds is 6. The van der Waals surface area contributed by atoms with E-state index in [0.29, 0.717) is 24.5 Å². The molecule has 0 saturated heterocycles. The highest BCUT2D eigenvalue weighted by Crippen LogP contribution is 2.06. The monoisotopic (exact) mass is 247 g/mol. The number of aromatic nitrogens is 2. The van der Waals surface area contributed by atoms with Crippen molar-refractivity contribution in [2.75, 3.05) is 18.8 Å².